The molecule has 1 amide bonds. The maximum atomic E-state index is 11.6. The van der Waals surface area contributed by atoms with Gasteiger partial charge in [-0.05, 0) is 29.7 Å². The van der Waals surface area contributed by atoms with Crippen LogP contribution in [0.4, 0.5) is 0 Å². The molecule has 0 radical (unpaired) electrons. The fourth-order valence-electron chi connectivity index (χ4n) is 2.19. The molecule has 0 atom stereocenters. The van der Waals surface area contributed by atoms with Gasteiger partial charge in [-0.15, -0.1) is 0 Å². The molecule has 0 saturated heterocycles. The van der Waals surface area contributed by atoms with E-state index >= 15 is 0 Å². The van der Waals surface area contributed by atoms with Crippen molar-refractivity contribution in [1.29, 1.82) is 0 Å². The molecule has 0 fully saturated rings. The predicted octanol–water partition coefficient (Wildman–Crippen LogP) is 2.65. The standard InChI is InChI=1S/C14H12BrN3O2/c15-10-2-1-9-3-5-18(12(9)7-10)8-13-11(4-6-20-13)14(19)17-16/h1-7H,8,16H2,(H,17,19). The second-order valence-corrected chi connectivity index (χ2v) is 5.29. The maximum Gasteiger partial charge on any atom is 0.268 e. The van der Waals surface area contributed by atoms with Gasteiger partial charge in [-0.2, -0.15) is 0 Å². The highest BCUT2D eigenvalue weighted by molar-refractivity contribution is 9.10. The van der Waals surface area contributed by atoms with Crippen molar-refractivity contribution in [1.82, 2.24) is 9.99 Å². The van der Waals surface area contributed by atoms with E-state index in [2.05, 4.69) is 21.4 Å². The highest BCUT2D eigenvalue weighted by Crippen LogP contribution is 2.22. The minimum absolute atomic E-state index is 0.355. The molecule has 0 saturated carbocycles. The number of nitrogens with two attached hydrogens (primary N) is 1. The number of hydrogen-bond acceptors (Lipinski definition) is 3. The summed E-state index contributed by atoms with van der Waals surface area (Å²) in [5, 5.41) is 1.13. The summed E-state index contributed by atoms with van der Waals surface area (Å²) in [6.07, 6.45) is 3.45. The van der Waals surface area contributed by atoms with Gasteiger partial charge in [0.25, 0.3) is 5.91 Å². The lowest BCUT2D eigenvalue weighted by molar-refractivity contribution is 0.0951. The number of halogens is 1. The summed E-state index contributed by atoms with van der Waals surface area (Å²) in [4.78, 5) is 11.6. The summed E-state index contributed by atoms with van der Waals surface area (Å²) in [5.74, 6) is 5.38. The van der Waals surface area contributed by atoms with E-state index in [1.54, 1.807) is 6.07 Å². The molecule has 3 aromatic rings. The van der Waals surface area contributed by atoms with Gasteiger partial charge in [0, 0.05) is 16.2 Å². The maximum absolute atomic E-state index is 11.6. The molecular formula is C14H12BrN3O2. The van der Waals surface area contributed by atoms with E-state index in [1.807, 2.05) is 35.0 Å². The minimum Gasteiger partial charge on any atom is -0.467 e. The molecule has 0 aliphatic rings. The van der Waals surface area contributed by atoms with Gasteiger partial charge in [-0.3, -0.25) is 10.2 Å². The van der Waals surface area contributed by atoms with Gasteiger partial charge in [0.2, 0.25) is 0 Å². The van der Waals surface area contributed by atoms with E-state index in [9.17, 15) is 4.79 Å². The highest BCUT2D eigenvalue weighted by Gasteiger charge is 2.14. The number of benzene rings is 1. The van der Waals surface area contributed by atoms with Crippen LogP contribution in [0.25, 0.3) is 10.9 Å². The first-order chi connectivity index (χ1) is 9.69. The summed E-state index contributed by atoms with van der Waals surface area (Å²) in [7, 11) is 0. The number of fused-ring (bicyclic) bond motifs is 1. The Labute approximate surface area is 123 Å². The fourth-order valence-corrected chi connectivity index (χ4v) is 2.54. The van der Waals surface area contributed by atoms with Gasteiger partial charge < -0.3 is 8.98 Å². The van der Waals surface area contributed by atoms with Gasteiger partial charge in [0.15, 0.2) is 0 Å². The highest BCUT2D eigenvalue weighted by atomic mass is 79.9. The molecule has 0 unspecified atom stereocenters. The van der Waals surface area contributed by atoms with Crippen LogP contribution in [0.5, 0.6) is 0 Å². The van der Waals surface area contributed by atoms with Crippen molar-refractivity contribution in [3.63, 3.8) is 0 Å². The molecule has 0 bridgehead atoms. The lowest BCUT2D eigenvalue weighted by atomic mass is 10.2. The smallest absolute Gasteiger partial charge is 0.268 e. The molecule has 0 spiro atoms. The zero-order valence-electron chi connectivity index (χ0n) is 10.5. The fraction of sp³-hybridized carbons (Fsp3) is 0.0714. The predicted molar refractivity (Wildman–Crippen MR) is 79.1 cm³/mol. The van der Waals surface area contributed by atoms with Gasteiger partial charge >= 0.3 is 0 Å². The lowest BCUT2D eigenvalue weighted by Crippen LogP contribution is -2.30. The summed E-state index contributed by atoms with van der Waals surface area (Å²) < 4.78 is 8.42. The van der Waals surface area contributed by atoms with Gasteiger partial charge in [0.1, 0.15) is 5.76 Å². The molecule has 0 aliphatic carbocycles. The Hall–Kier alpha value is -2.05. The monoisotopic (exact) mass is 333 g/mol. The molecule has 6 heteroatoms. The molecule has 1 aromatic carbocycles. The van der Waals surface area contributed by atoms with Crippen LogP contribution >= 0.6 is 15.9 Å². The summed E-state index contributed by atoms with van der Waals surface area (Å²) in [5.41, 5.74) is 3.63. The number of nitrogens with zero attached hydrogens (tertiary/aromatic N) is 1. The lowest BCUT2D eigenvalue weighted by Gasteiger charge is -2.05. The molecular weight excluding hydrogens is 322 g/mol. The van der Waals surface area contributed by atoms with Gasteiger partial charge in [0.05, 0.1) is 18.4 Å². The molecule has 5 nitrogen and oxygen atoms in total. The number of aromatic nitrogens is 1. The number of carbonyl (C=O) groups excluding carboxylic acids is 1. The average molecular weight is 334 g/mol. The second-order valence-electron chi connectivity index (χ2n) is 4.38. The number of furan rings is 1. The number of rotatable bonds is 3. The molecule has 2 heterocycles. The van der Waals surface area contributed by atoms with E-state index in [1.165, 1.54) is 6.26 Å². The Morgan fingerprint density at radius 1 is 1.35 bits per heavy atom. The number of hydrazine groups is 1. The van der Waals surface area contributed by atoms with Crippen molar-refractivity contribution in [3.8, 4) is 0 Å². The van der Waals surface area contributed by atoms with Crippen LogP contribution in [-0.4, -0.2) is 10.5 Å². The molecule has 3 rings (SSSR count). The zero-order valence-corrected chi connectivity index (χ0v) is 12.1. The normalized spacial score (nSPS) is 10.9. The first-order valence-corrected chi connectivity index (χ1v) is 6.80. The van der Waals surface area contributed by atoms with E-state index in [-0.39, 0.29) is 5.91 Å². The number of amides is 1. The van der Waals surface area contributed by atoms with Crippen LogP contribution in [0, 0.1) is 0 Å². The SMILES string of the molecule is NNC(=O)c1ccoc1Cn1ccc2ccc(Br)cc21. The first kappa shape index (κ1) is 13.0. The molecule has 3 N–H and O–H groups in total. The Morgan fingerprint density at radius 3 is 3.00 bits per heavy atom. The molecule has 20 heavy (non-hydrogen) atoms. The van der Waals surface area contributed by atoms with E-state index in [0.717, 1.165) is 15.4 Å². The van der Waals surface area contributed by atoms with Crippen molar-refractivity contribution >= 4 is 32.7 Å². The van der Waals surface area contributed by atoms with Crippen molar-refractivity contribution in [2.75, 3.05) is 0 Å². The Balaban J connectivity index is 2.00. The van der Waals surface area contributed by atoms with Crippen molar-refractivity contribution in [2.45, 2.75) is 6.54 Å². The molecule has 0 aliphatic heterocycles. The van der Waals surface area contributed by atoms with Crippen molar-refractivity contribution < 1.29 is 9.21 Å². The van der Waals surface area contributed by atoms with E-state index in [0.29, 0.717) is 17.9 Å². The van der Waals surface area contributed by atoms with Crippen LogP contribution in [0.1, 0.15) is 16.1 Å². The van der Waals surface area contributed by atoms with Crippen molar-refractivity contribution in [3.05, 3.63) is 58.6 Å². The summed E-state index contributed by atoms with van der Waals surface area (Å²) >= 11 is 3.46. The minimum atomic E-state index is -0.355. The zero-order chi connectivity index (χ0) is 14.1. The third kappa shape index (κ3) is 2.23. The van der Waals surface area contributed by atoms with Gasteiger partial charge in [-0.1, -0.05) is 22.0 Å². The Morgan fingerprint density at radius 2 is 2.20 bits per heavy atom. The molecule has 102 valence electrons. The topological polar surface area (TPSA) is 73.2 Å². The van der Waals surface area contributed by atoms with Crippen LogP contribution in [0.2, 0.25) is 0 Å². The molecule has 2 aromatic heterocycles. The van der Waals surface area contributed by atoms with Crippen LogP contribution in [-0.2, 0) is 6.54 Å². The number of carbonyl (C=O) groups is 1. The van der Waals surface area contributed by atoms with E-state index < -0.39 is 0 Å². The summed E-state index contributed by atoms with van der Waals surface area (Å²) in [6.45, 7) is 0.468. The van der Waals surface area contributed by atoms with Crippen LogP contribution in [0.15, 0.2) is 51.7 Å². The largest absolute Gasteiger partial charge is 0.467 e. The third-order valence-corrected chi connectivity index (χ3v) is 3.66. The number of nitrogen functional groups attached to an aromatic ring is 1. The summed E-state index contributed by atoms with van der Waals surface area (Å²) in [6, 6.07) is 9.69. The average Bonchev–Trinajstić information content (AvgIpc) is 3.06. The number of nitrogens with one attached hydrogen (secondary N) is 1. The second kappa shape index (κ2) is 5.15. The van der Waals surface area contributed by atoms with E-state index in [4.69, 9.17) is 10.3 Å². The van der Waals surface area contributed by atoms with Crippen molar-refractivity contribution in [2.24, 2.45) is 5.84 Å². The first-order valence-electron chi connectivity index (χ1n) is 6.01. The number of hydrogen-bond donors (Lipinski definition) is 2. The van der Waals surface area contributed by atoms with Crippen LogP contribution in [0.3, 0.4) is 0 Å². The van der Waals surface area contributed by atoms with Crippen LogP contribution < -0.4 is 11.3 Å². The quantitative estimate of drug-likeness (QED) is 0.439. The Bertz CT molecular complexity index is 776. The third-order valence-electron chi connectivity index (χ3n) is 3.17. The van der Waals surface area contributed by atoms with Gasteiger partial charge in [-0.25, -0.2) is 5.84 Å². The Kier molecular flexibility index (Phi) is 3.33.